The molecule has 1 nitrogen and oxygen atoms in total. The number of aryl methyl sites for hydroxylation is 1. The Morgan fingerprint density at radius 1 is 0.812 bits per heavy atom. The molecule has 0 saturated carbocycles. The summed E-state index contributed by atoms with van der Waals surface area (Å²) in [7, 11) is 0. The molecule has 0 aromatic heterocycles. The van der Waals surface area contributed by atoms with E-state index in [4.69, 9.17) is 0 Å². The van der Waals surface area contributed by atoms with Gasteiger partial charge in [-0.05, 0) is 35.2 Å². The van der Waals surface area contributed by atoms with E-state index in [-0.39, 0.29) is 0 Å². The van der Waals surface area contributed by atoms with Crippen molar-refractivity contribution in [3.8, 4) is 11.1 Å². The molecule has 3 rings (SSSR count). The molecule has 0 radical (unpaired) electrons. The van der Waals surface area contributed by atoms with Crippen molar-refractivity contribution in [1.82, 2.24) is 5.32 Å². The SMILES string of the molecule is Cc1ccc(-c2ccc3c(c2)CNC3)cc1. The average Bonchev–Trinajstić information content (AvgIpc) is 2.77. The van der Waals surface area contributed by atoms with Gasteiger partial charge in [-0.15, -0.1) is 0 Å². The average molecular weight is 209 g/mol. The highest BCUT2D eigenvalue weighted by molar-refractivity contribution is 5.65. The van der Waals surface area contributed by atoms with E-state index in [0.717, 1.165) is 13.1 Å². The quantitative estimate of drug-likeness (QED) is 0.760. The number of hydrogen-bond acceptors (Lipinski definition) is 1. The van der Waals surface area contributed by atoms with Crippen LogP contribution < -0.4 is 5.32 Å². The lowest BCUT2D eigenvalue weighted by molar-refractivity contribution is 0.765. The van der Waals surface area contributed by atoms with E-state index in [1.165, 1.54) is 27.8 Å². The van der Waals surface area contributed by atoms with E-state index in [9.17, 15) is 0 Å². The second-order valence-corrected chi connectivity index (χ2v) is 4.45. The minimum atomic E-state index is 1.01. The van der Waals surface area contributed by atoms with Gasteiger partial charge in [0, 0.05) is 13.1 Å². The van der Waals surface area contributed by atoms with Crippen LogP contribution in [-0.4, -0.2) is 0 Å². The first-order valence-electron chi connectivity index (χ1n) is 5.72. The molecule has 0 atom stereocenters. The first-order chi connectivity index (χ1) is 7.83. The normalized spacial score (nSPS) is 13.8. The fourth-order valence-electron chi connectivity index (χ4n) is 2.22. The van der Waals surface area contributed by atoms with Crippen molar-refractivity contribution in [2.45, 2.75) is 20.0 Å². The first kappa shape index (κ1) is 9.61. The van der Waals surface area contributed by atoms with Crippen molar-refractivity contribution in [3.05, 3.63) is 59.2 Å². The van der Waals surface area contributed by atoms with E-state index in [1.54, 1.807) is 0 Å². The van der Waals surface area contributed by atoms with E-state index >= 15 is 0 Å². The Balaban J connectivity index is 2.03. The molecule has 0 saturated heterocycles. The van der Waals surface area contributed by atoms with Crippen LogP contribution in [0.15, 0.2) is 42.5 Å². The third-order valence-corrected chi connectivity index (χ3v) is 3.22. The molecule has 1 aliphatic rings. The number of fused-ring (bicyclic) bond motifs is 1. The van der Waals surface area contributed by atoms with Crippen LogP contribution in [0.5, 0.6) is 0 Å². The van der Waals surface area contributed by atoms with Gasteiger partial charge in [0.25, 0.3) is 0 Å². The molecule has 0 fully saturated rings. The largest absolute Gasteiger partial charge is 0.309 e. The van der Waals surface area contributed by atoms with Crippen LogP contribution in [0.4, 0.5) is 0 Å². The molecule has 2 aromatic carbocycles. The molecule has 80 valence electrons. The van der Waals surface area contributed by atoms with E-state index < -0.39 is 0 Å². The number of benzene rings is 2. The lowest BCUT2D eigenvalue weighted by Crippen LogP contribution is -1.99. The fraction of sp³-hybridized carbons (Fsp3) is 0.200. The highest BCUT2D eigenvalue weighted by atomic mass is 14.9. The lowest BCUT2D eigenvalue weighted by Gasteiger charge is -2.05. The van der Waals surface area contributed by atoms with Gasteiger partial charge >= 0.3 is 0 Å². The fourth-order valence-corrected chi connectivity index (χ4v) is 2.22. The zero-order valence-electron chi connectivity index (χ0n) is 9.46. The van der Waals surface area contributed by atoms with Crippen molar-refractivity contribution in [2.75, 3.05) is 0 Å². The van der Waals surface area contributed by atoms with Crippen molar-refractivity contribution in [3.63, 3.8) is 0 Å². The molecular weight excluding hydrogens is 194 g/mol. The van der Waals surface area contributed by atoms with Crippen molar-refractivity contribution < 1.29 is 0 Å². The molecule has 1 aliphatic heterocycles. The molecule has 1 N–H and O–H groups in total. The lowest BCUT2D eigenvalue weighted by atomic mass is 10.00. The molecule has 0 bridgehead atoms. The summed E-state index contributed by atoms with van der Waals surface area (Å²) < 4.78 is 0. The summed E-state index contributed by atoms with van der Waals surface area (Å²) in [4.78, 5) is 0. The predicted octanol–water partition coefficient (Wildman–Crippen LogP) is 3.27. The summed E-state index contributed by atoms with van der Waals surface area (Å²) in [5.41, 5.74) is 6.82. The van der Waals surface area contributed by atoms with Gasteiger partial charge in [0.1, 0.15) is 0 Å². The van der Waals surface area contributed by atoms with Crippen LogP contribution in [0.25, 0.3) is 11.1 Å². The van der Waals surface area contributed by atoms with Crippen LogP contribution in [0.2, 0.25) is 0 Å². The zero-order valence-corrected chi connectivity index (χ0v) is 9.46. The summed E-state index contributed by atoms with van der Waals surface area (Å²) >= 11 is 0. The highest BCUT2D eigenvalue weighted by Crippen LogP contribution is 2.25. The second kappa shape index (κ2) is 3.76. The number of rotatable bonds is 1. The Kier molecular flexibility index (Phi) is 2.26. The van der Waals surface area contributed by atoms with Crippen LogP contribution in [0, 0.1) is 6.92 Å². The van der Waals surface area contributed by atoms with Gasteiger partial charge in [0.15, 0.2) is 0 Å². The molecule has 0 unspecified atom stereocenters. The van der Waals surface area contributed by atoms with Gasteiger partial charge in [-0.25, -0.2) is 0 Å². The van der Waals surface area contributed by atoms with Crippen molar-refractivity contribution >= 4 is 0 Å². The Labute approximate surface area is 96.1 Å². The maximum Gasteiger partial charge on any atom is 0.0212 e. The van der Waals surface area contributed by atoms with Gasteiger partial charge in [-0.3, -0.25) is 0 Å². The van der Waals surface area contributed by atoms with Crippen LogP contribution in [0.3, 0.4) is 0 Å². The first-order valence-corrected chi connectivity index (χ1v) is 5.72. The third kappa shape index (κ3) is 1.63. The van der Waals surface area contributed by atoms with Crippen LogP contribution in [0.1, 0.15) is 16.7 Å². The third-order valence-electron chi connectivity index (χ3n) is 3.22. The monoisotopic (exact) mass is 209 g/mol. The van der Waals surface area contributed by atoms with Gasteiger partial charge < -0.3 is 5.32 Å². The molecule has 0 spiro atoms. The van der Waals surface area contributed by atoms with Gasteiger partial charge in [-0.2, -0.15) is 0 Å². The summed E-state index contributed by atoms with van der Waals surface area (Å²) in [6.07, 6.45) is 0. The zero-order chi connectivity index (χ0) is 11.0. The van der Waals surface area contributed by atoms with Crippen molar-refractivity contribution in [2.24, 2.45) is 0 Å². The maximum atomic E-state index is 3.38. The van der Waals surface area contributed by atoms with Crippen LogP contribution >= 0.6 is 0 Å². The summed E-state index contributed by atoms with van der Waals surface area (Å²) in [5.74, 6) is 0. The molecule has 0 aliphatic carbocycles. The minimum absolute atomic E-state index is 1.01. The van der Waals surface area contributed by atoms with E-state index in [2.05, 4.69) is 54.7 Å². The topological polar surface area (TPSA) is 12.0 Å². The summed E-state index contributed by atoms with van der Waals surface area (Å²) in [6.45, 7) is 4.15. The summed E-state index contributed by atoms with van der Waals surface area (Å²) in [6, 6.07) is 15.5. The molecule has 16 heavy (non-hydrogen) atoms. The Bertz CT molecular complexity index is 511. The summed E-state index contributed by atoms with van der Waals surface area (Å²) in [5, 5.41) is 3.38. The highest BCUT2D eigenvalue weighted by Gasteiger charge is 2.10. The maximum absolute atomic E-state index is 3.38. The second-order valence-electron chi connectivity index (χ2n) is 4.45. The Morgan fingerprint density at radius 2 is 1.50 bits per heavy atom. The molecule has 1 heteroatoms. The standard InChI is InChI=1S/C15H15N/c1-11-2-4-12(5-3-11)13-6-7-14-9-16-10-15(14)8-13/h2-8,16H,9-10H2,1H3. The molecule has 2 aromatic rings. The number of hydrogen-bond donors (Lipinski definition) is 1. The molecular formula is C15H15N. The van der Waals surface area contributed by atoms with Gasteiger partial charge in [0.05, 0.1) is 0 Å². The molecule has 1 heterocycles. The number of nitrogens with one attached hydrogen (secondary N) is 1. The van der Waals surface area contributed by atoms with E-state index in [0.29, 0.717) is 0 Å². The Morgan fingerprint density at radius 3 is 2.31 bits per heavy atom. The Hall–Kier alpha value is -1.60. The predicted molar refractivity (Wildman–Crippen MR) is 67.2 cm³/mol. The molecule has 0 amide bonds. The van der Waals surface area contributed by atoms with E-state index in [1.807, 2.05) is 0 Å². The smallest absolute Gasteiger partial charge is 0.0212 e. The van der Waals surface area contributed by atoms with Gasteiger partial charge in [-0.1, -0.05) is 42.0 Å². The van der Waals surface area contributed by atoms with Crippen LogP contribution in [-0.2, 0) is 13.1 Å². The van der Waals surface area contributed by atoms with Gasteiger partial charge in [0.2, 0.25) is 0 Å². The minimum Gasteiger partial charge on any atom is -0.309 e. The van der Waals surface area contributed by atoms with Crippen molar-refractivity contribution in [1.29, 1.82) is 0 Å².